The molecule has 0 unspecified atom stereocenters. The van der Waals surface area contributed by atoms with Crippen molar-refractivity contribution >= 4 is 0 Å². The van der Waals surface area contributed by atoms with E-state index in [2.05, 4.69) is 0 Å². The lowest BCUT2D eigenvalue weighted by Gasteiger charge is -2.23. The normalized spacial score (nSPS) is 23.6. The Morgan fingerprint density at radius 2 is 1.82 bits per heavy atom. The molecule has 2 heteroatoms. The Kier molecular flexibility index (Phi) is 2.70. The second kappa shape index (κ2) is 4.09. The first-order chi connectivity index (χ1) is 8.19. The first-order valence-electron chi connectivity index (χ1n) is 6.71. The molecule has 0 saturated heterocycles. The minimum Gasteiger partial charge on any atom is -0.385 e. The lowest BCUT2D eigenvalue weighted by Crippen LogP contribution is -2.09. The molecule has 2 aliphatic carbocycles. The quantitative estimate of drug-likeness (QED) is 0.824. The summed E-state index contributed by atoms with van der Waals surface area (Å²) in [5.41, 5.74) is 0.901. The van der Waals surface area contributed by atoms with Gasteiger partial charge in [0, 0.05) is 0 Å². The molecular weight excluding hydrogens is 215 g/mol. The molecule has 2 saturated carbocycles. The number of hydrogen-bond donors (Lipinski definition) is 1. The highest BCUT2D eigenvalue weighted by molar-refractivity contribution is 5.33. The largest absolute Gasteiger partial charge is 0.385 e. The SMILES string of the molecule is OC1(c2ccc(C3CCCCC3)c(F)c2)CC1. The molecule has 1 aromatic carbocycles. The fourth-order valence-corrected chi connectivity index (χ4v) is 2.97. The van der Waals surface area contributed by atoms with Crippen LogP contribution < -0.4 is 0 Å². The van der Waals surface area contributed by atoms with Gasteiger partial charge in [0.25, 0.3) is 0 Å². The summed E-state index contributed by atoms with van der Waals surface area (Å²) in [5, 5.41) is 9.96. The summed E-state index contributed by atoms with van der Waals surface area (Å²) in [4.78, 5) is 0. The Balaban J connectivity index is 1.85. The van der Waals surface area contributed by atoms with Crippen molar-refractivity contribution in [1.82, 2.24) is 0 Å². The lowest BCUT2D eigenvalue weighted by atomic mass is 9.83. The number of hydrogen-bond acceptors (Lipinski definition) is 1. The van der Waals surface area contributed by atoms with Crippen molar-refractivity contribution < 1.29 is 9.50 Å². The zero-order valence-corrected chi connectivity index (χ0v) is 10.1. The van der Waals surface area contributed by atoms with E-state index >= 15 is 0 Å². The van der Waals surface area contributed by atoms with E-state index in [4.69, 9.17) is 0 Å². The summed E-state index contributed by atoms with van der Waals surface area (Å²) < 4.78 is 14.1. The maximum absolute atomic E-state index is 14.1. The van der Waals surface area contributed by atoms with Gasteiger partial charge >= 0.3 is 0 Å². The van der Waals surface area contributed by atoms with Gasteiger partial charge in [-0.15, -0.1) is 0 Å². The summed E-state index contributed by atoms with van der Waals surface area (Å²) >= 11 is 0. The Morgan fingerprint density at radius 3 is 2.41 bits per heavy atom. The summed E-state index contributed by atoms with van der Waals surface area (Å²) in [6.07, 6.45) is 7.49. The van der Waals surface area contributed by atoms with Crippen molar-refractivity contribution in [3.63, 3.8) is 0 Å². The molecule has 1 nitrogen and oxygen atoms in total. The molecule has 0 spiro atoms. The van der Waals surface area contributed by atoms with Crippen LogP contribution >= 0.6 is 0 Å². The van der Waals surface area contributed by atoms with Gasteiger partial charge in [0.15, 0.2) is 0 Å². The van der Waals surface area contributed by atoms with E-state index in [1.165, 1.54) is 19.3 Å². The van der Waals surface area contributed by atoms with Crippen molar-refractivity contribution in [3.8, 4) is 0 Å². The van der Waals surface area contributed by atoms with Crippen molar-refractivity contribution in [1.29, 1.82) is 0 Å². The first-order valence-corrected chi connectivity index (χ1v) is 6.71. The maximum Gasteiger partial charge on any atom is 0.127 e. The average Bonchev–Trinajstić information content (AvgIpc) is 3.10. The van der Waals surface area contributed by atoms with E-state index in [0.29, 0.717) is 5.92 Å². The van der Waals surface area contributed by atoms with E-state index < -0.39 is 5.60 Å². The second-order valence-electron chi connectivity index (χ2n) is 5.60. The zero-order chi connectivity index (χ0) is 11.9. The van der Waals surface area contributed by atoms with Crippen LogP contribution in [0.5, 0.6) is 0 Å². The van der Waals surface area contributed by atoms with Crippen LogP contribution in [0.1, 0.15) is 62.0 Å². The van der Waals surface area contributed by atoms with E-state index in [1.807, 2.05) is 12.1 Å². The predicted molar refractivity (Wildman–Crippen MR) is 65.4 cm³/mol. The van der Waals surface area contributed by atoms with Gasteiger partial charge in [-0.2, -0.15) is 0 Å². The summed E-state index contributed by atoms with van der Waals surface area (Å²) in [5.74, 6) is 0.279. The standard InChI is InChI=1S/C15H19FO/c16-14-10-12(15(17)8-9-15)6-7-13(14)11-4-2-1-3-5-11/h6-7,10-11,17H,1-5,8-9H2. The van der Waals surface area contributed by atoms with Crippen LogP contribution in [0, 0.1) is 5.82 Å². The highest BCUT2D eigenvalue weighted by Crippen LogP contribution is 2.46. The average molecular weight is 234 g/mol. The molecule has 0 radical (unpaired) electrons. The van der Waals surface area contributed by atoms with E-state index in [0.717, 1.165) is 36.8 Å². The minimum atomic E-state index is -0.716. The van der Waals surface area contributed by atoms with Crippen molar-refractivity contribution in [2.24, 2.45) is 0 Å². The third kappa shape index (κ3) is 2.11. The Morgan fingerprint density at radius 1 is 1.12 bits per heavy atom. The smallest absolute Gasteiger partial charge is 0.127 e. The van der Waals surface area contributed by atoms with Gasteiger partial charge in [0.1, 0.15) is 5.82 Å². The van der Waals surface area contributed by atoms with Crippen LogP contribution in [-0.2, 0) is 5.60 Å². The van der Waals surface area contributed by atoms with Gasteiger partial charge < -0.3 is 5.11 Å². The molecule has 1 aromatic rings. The van der Waals surface area contributed by atoms with Crippen LogP contribution in [0.15, 0.2) is 18.2 Å². The molecule has 0 aliphatic heterocycles. The summed E-state index contributed by atoms with van der Waals surface area (Å²) in [6, 6.07) is 5.37. The molecule has 1 N–H and O–H groups in total. The maximum atomic E-state index is 14.1. The molecule has 92 valence electrons. The van der Waals surface area contributed by atoms with Crippen LogP contribution in [0.2, 0.25) is 0 Å². The number of benzene rings is 1. The van der Waals surface area contributed by atoms with Gasteiger partial charge in [-0.05, 0) is 48.8 Å². The molecular formula is C15H19FO. The summed E-state index contributed by atoms with van der Waals surface area (Å²) in [7, 11) is 0. The Bertz CT molecular complexity index is 417. The third-order valence-electron chi connectivity index (χ3n) is 4.31. The van der Waals surface area contributed by atoms with Crippen LogP contribution in [0.4, 0.5) is 4.39 Å². The number of rotatable bonds is 2. The zero-order valence-electron chi connectivity index (χ0n) is 10.1. The van der Waals surface area contributed by atoms with Crippen molar-refractivity contribution in [3.05, 3.63) is 35.1 Å². The molecule has 17 heavy (non-hydrogen) atoms. The molecule has 0 bridgehead atoms. The van der Waals surface area contributed by atoms with Gasteiger partial charge in [-0.3, -0.25) is 0 Å². The minimum absolute atomic E-state index is 0.116. The Labute approximate surface area is 102 Å². The van der Waals surface area contributed by atoms with E-state index in [9.17, 15) is 9.50 Å². The first kappa shape index (κ1) is 11.2. The van der Waals surface area contributed by atoms with Crippen molar-refractivity contribution in [2.45, 2.75) is 56.5 Å². The monoisotopic (exact) mass is 234 g/mol. The van der Waals surface area contributed by atoms with Gasteiger partial charge in [-0.1, -0.05) is 31.4 Å². The van der Waals surface area contributed by atoms with Gasteiger partial charge in [-0.25, -0.2) is 4.39 Å². The van der Waals surface area contributed by atoms with Crippen LogP contribution in [0.3, 0.4) is 0 Å². The highest BCUT2D eigenvalue weighted by Gasteiger charge is 2.42. The Hall–Kier alpha value is -0.890. The fraction of sp³-hybridized carbons (Fsp3) is 0.600. The fourth-order valence-electron chi connectivity index (χ4n) is 2.97. The lowest BCUT2D eigenvalue weighted by molar-refractivity contribution is 0.151. The van der Waals surface area contributed by atoms with E-state index in [-0.39, 0.29) is 5.82 Å². The predicted octanol–water partition coefficient (Wildman–Crippen LogP) is 3.85. The third-order valence-corrected chi connectivity index (χ3v) is 4.31. The molecule has 2 fully saturated rings. The molecule has 0 heterocycles. The molecule has 0 amide bonds. The summed E-state index contributed by atoms with van der Waals surface area (Å²) in [6.45, 7) is 0. The molecule has 0 aromatic heterocycles. The molecule has 0 atom stereocenters. The van der Waals surface area contributed by atoms with Crippen LogP contribution in [0.25, 0.3) is 0 Å². The number of aliphatic hydroxyl groups is 1. The van der Waals surface area contributed by atoms with E-state index in [1.54, 1.807) is 6.07 Å². The van der Waals surface area contributed by atoms with Gasteiger partial charge in [0.05, 0.1) is 5.60 Å². The molecule has 3 rings (SSSR count). The van der Waals surface area contributed by atoms with Crippen LogP contribution in [-0.4, -0.2) is 5.11 Å². The van der Waals surface area contributed by atoms with Gasteiger partial charge in [0.2, 0.25) is 0 Å². The second-order valence-corrected chi connectivity index (χ2v) is 5.60. The van der Waals surface area contributed by atoms with Crippen molar-refractivity contribution in [2.75, 3.05) is 0 Å². The highest BCUT2D eigenvalue weighted by atomic mass is 19.1. The topological polar surface area (TPSA) is 20.2 Å². The molecule has 2 aliphatic rings. The number of halogens is 1.